The molecule has 0 radical (unpaired) electrons. The Morgan fingerprint density at radius 1 is 1.15 bits per heavy atom. The van der Waals surface area contributed by atoms with E-state index in [-0.39, 0.29) is 23.6 Å². The van der Waals surface area contributed by atoms with E-state index < -0.39 is 23.7 Å². The Morgan fingerprint density at radius 3 is 2.38 bits per heavy atom. The van der Waals surface area contributed by atoms with Gasteiger partial charge in [-0.3, -0.25) is 9.59 Å². The number of Topliss-reactive ketones (excluding diaryl/α,β-unsaturated/α-hetero) is 1. The zero-order chi connectivity index (χ0) is 25.2. The summed E-state index contributed by atoms with van der Waals surface area (Å²) in [5.74, 6) is -2.20. The number of H-pyrrole nitrogens is 1. The standard InChI is InChI=1S/C26H33N3O5/c1-7-34-26(33)21-16(3)19(17(4)27-21)23(30)20-22(18-11-9-15(2)10-12-18)29(25(32)24(20)31)14-8-13-28(5)6/h9-12,22,27,30H,7-8,13-14H2,1-6H3/b23-20-. The number of aliphatic hydroxyl groups is 1. The zero-order valence-corrected chi connectivity index (χ0v) is 20.7. The third-order valence-corrected chi connectivity index (χ3v) is 6.09. The van der Waals surface area contributed by atoms with Crippen LogP contribution in [0.4, 0.5) is 0 Å². The fraction of sp³-hybridized carbons (Fsp3) is 0.423. The van der Waals surface area contributed by atoms with E-state index in [4.69, 9.17) is 4.74 Å². The van der Waals surface area contributed by atoms with Crippen molar-refractivity contribution in [3.05, 3.63) is 63.5 Å². The molecule has 34 heavy (non-hydrogen) atoms. The van der Waals surface area contributed by atoms with E-state index in [0.29, 0.717) is 29.8 Å². The highest BCUT2D eigenvalue weighted by Crippen LogP contribution is 2.41. The summed E-state index contributed by atoms with van der Waals surface area (Å²) in [6.07, 6.45) is 0.678. The van der Waals surface area contributed by atoms with Crippen LogP contribution in [0.15, 0.2) is 29.8 Å². The van der Waals surface area contributed by atoms with E-state index >= 15 is 0 Å². The van der Waals surface area contributed by atoms with E-state index in [1.165, 1.54) is 4.90 Å². The van der Waals surface area contributed by atoms with Gasteiger partial charge >= 0.3 is 5.97 Å². The molecule has 0 bridgehead atoms. The highest BCUT2D eigenvalue weighted by atomic mass is 16.5. The average molecular weight is 468 g/mol. The number of nitrogens with zero attached hydrogens (tertiary/aromatic N) is 2. The maximum atomic E-state index is 13.2. The van der Waals surface area contributed by atoms with Crippen molar-refractivity contribution in [1.82, 2.24) is 14.8 Å². The molecule has 8 heteroatoms. The van der Waals surface area contributed by atoms with Crippen molar-refractivity contribution in [2.45, 2.75) is 40.2 Å². The number of carbonyl (C=O) groups excluding carboxylic acids is 3. The predicted octanol–water partition coefficient (Wildman–Crippen LogP) is 3.49. The Morgan fingerprint density at radius 2 is 1.79 bits per heavy atom. The summed E-state index contributed by atoms with van der Waals surface area (Å²) < 4.78 is 5.10. The summed E-state index contributed by atoms with van der Waals surface area (Å²) in [6.45, 7) is 8.39. The smallest absolute Gasteiger partial charge is 0.355 e. The van der Waals surface area contributed by atoms with Crippen LogP contribution in [0.1, 0.15) is 57.8 Å². The lowest BCUT2D eigenvalue weighted by Gasteiger charge is -2.26. The minimum atomic E-state index is -0.731. The fourth-order valence-corrected chi connectivity index (χ4v) is 4.41. The first-order valence-corrected chi connectivity index (χ1v) is 11.4. The van der Waals surface area contributed by atoms with Crippen LogP contribution < -0.4 is 0 Å². The molecule has 0 saturated carbocycles. The third kappa shape index (κ3) is 4.77. The van der Waals surface area contributed by atoms with Crippen molar-refractivity contribution in [2.24, 2.45) is 0 Å². The van der Waals surface area contributed by atoms with Gasteiger partial charge in [0.2, 0.25) is 0 Å². The van der Waals surface area contributed by atoms with Crippen LogP contribution >= 0.6 is 0 Å². The van der Waals surface area contributed by atoms with Gasteiger partial charge in [0, 0.05) is 17.8 Å². The van der Waals surface area contributed by atoms with Gasteiger partial charge in [-0.05, 0) is 65.9 Å². The highest BCUT2D eigenvalue weighted by Gasteiger charge is 2.46. The van der Waals surface area contributed by atoms with Crippen LogP contribution in [0.2, 0.25) is 0 Å². The molecule has 8 nitrogen and oxygen atoms in total. The van der Waals surface area contributed by atoms with Gasteiger partial charge in [-0.15, -0.1) is 0 Å². The summed E-state index contributed by atoms with van der Waals surface area (Å²) in [6, 6.07) is 6.86. The van der Waals surface area contributed by atoms with Gasteiger partial charge in [-0.25, -0.2) is 4.79 Å². The van der Waals surface area contributed by atoms with E-state index in [9.17, 15) is 19.5 Å². The monoisotopic (exact) mass is 467 g/mol. The number of ether oxygens (including phenoxy) is 1. The largest absolute Gasteiger partial charge is 0.507 e. The average Bonchev–Trinajstić information content (AvgIpc) is 3.21. The lowest BCUT2D eigenvalue weighted by atomic mass is 9.93. The summed E-state index contributed by atoms with van der Waals surface area (Å²) in [5.41, 5.74) is 3.35. The molecule has 3 rings (SSSR count). The van der Waals surface area contributed by atoms with E-state index in [0.717, 1.165) is 17.7 Å². The lowest BCUT2D eigenvalue weighted by Crippen LogP contribution is -2.32. The minimum Gasteiger partial charge on any atom is -0.507 e. The van der Waals surface area contributed by atoms with Crippen molar-refractivity contribution < 1.29 is 24.2 Å². The highest BCUT2D eigenvalue weighted by molar-refractivity contribution is 6.46. The van der Waals surface area contributed by atoms with Crippen molar-refractivity contribution in [2.75, 3.05) is 33.8 Å². The molecule has 1 aromatic carbocycles. The van der Waals surface area contributed by atoms with Gasteiger partial charge < -0.3 is 24.6 Å². The Bertz CT molecular complexity index is 1130. The molecular formula is C26H33N3O5. The Kier molecular flexibility index (Phi) is 7.61. The summed E-state index contributed by atoms with van der Waals surface area (Å²) >= 11 is 0. The normalized spacial score (nSPS) is 17.6. The minimum absolute atomic E-state index is 0.0271. The maximum absolute atomic E-state index is 13.2. The number of likely N-dealkylation sites (tertiary alicyclic amines) is 1. The molecule has 1 fully saturated rings. The van der Waals surface area contributed by atoms with Crippen LogP contribution in [-0.4, -0.2) is 71.3 Å². The second-order valence-electron chi connectivity index (χ2n) is 8.91. The molecule has 182 valence electrons. The van der Waals surface area contributed by atoms with E-state index in [2.05, 4.69) is 4.98 Å². The summed E-state index contributed by atoms with van der Waals surface area (Å²) in [5, 5.41) is 11.4. The van der Waals surface area contributed by atoms with Crippen LogP contribution in [-0.2, 0) is 14.3 Å². The zero-order valence-electron chi connectivity index (χ0n) is 20.7. The summed E-state index contributed by atoms with van der Waals surface area (Å²) in [4.78, 5) is 45.2. The number of benzene rings is 1. The topological polar surface area (TPSA) is 103 Å². The number of aliphatic hydroxyl groups excluding tert-OH is 1. The predicted molar refractivity (Wildman–Crippen MR) is 130 cm³/mol. The van der Waals surface area contributed by atoms with Crippen molar-refractivity contribution >= 4 is 23.4 Å². The number of ketones is 1. The van der Waals surface area contributed by atoms with Crippen LogP contribution in [0, 0.1) is 20.8 Å². The van der Waals surface area contributed by atoms with Crippen LogP contribution in [0.25, 0.3) is 5.76 Å². The SMILES string of the molecule is CCOC(=O)c1[nH]c(C)c(/C(O)=C2/C(=O)C(=O)N(CCCN(C)C)C2c2ccc(C)cc2)c1C. The summed E-state index contributed by atoms with van der Waals surface area (Å²) in [7, 11) is 3.90. The number of rotatable bonds is 8. The molecular weight excluding hydrogens is 434 g/mol. The quantitative estimate of drug-likeness (QED) is 0.267. The van der Waals surface area contributed by atoms with E-state index in [1.807, 2.05) is 50.2 Å². The van der Waals surface area contributed by atoms with Crippen molar-refractivity contribution in [3.63, 3.8) is 0 Å². The molecule has 1 unspecified atom stereocenters. The second kappa shape index (κ2) is 10.3. The Labute approximate surface area is 200 Å². The van der Waals surface area contributed by atoms with Gasteiger partial charge in [0.05, 0.1) is 18.2 Å². The first kappa shape index (κ1) is 25.2. The molecule has 1 aliphatic heterocycles. The number of hydrogen-bond donors (Lipinski definition) is 2. The first-order chi connectivity index (χ1) is 16.1. The van der Waals surface area contributed by atoms with E-state index in [1.54, 1.807) is 20.8 Å². The Balaban J connectivity index is 2.15. The number of nitrogens with one attached hydrogen (secondary N) is 1. The van der Waals surface area contributed by atoms with Gasteiger partial charge in [0.25, 0.3) is 11.7 Å². The number of aromatic nitrogens is 1. The molecule has 1 saturated heterocycles. The molecule has 1 aromatic heterocycles. The molecule has 1 aliphatic rings. The molecule has 0 aliphatic carbocycles. The van der Waals surface area contributed by atoms with Gasteiger partial charge in [0.15, 0.2) is 0 Å². The molecule has 1 amide bonds. The van der Waals surface area contributed by atoms with Gasteiger partial charge in [-0.1, -0.05) is 29.8 Å². The van der Waals surface area contributed by atoms with Crippen LogP contribution in [0.5, 0.6) is 0 Å². The molecule has 2 N–H and O–H groups in total. The second-order valence-corrected chi connectivity index (χ2v) is 8.91. The number of amides is 1. The Hall–Kier alpha value is -3.39. The first-order valence-electron chi connectivity index (χ1n) is 11.4. The molecule has 2 aromatic rings. The lowest BCUT2D eigenvalue weighted by molar-refractivity contribution is -0.139. The number of aromatic amines is 1. The van der Waals surface area contributed by atoms with Gasteiger partial charge in [0.1, 0.15) is 11.5 Å². The molecule has 0 spiro atoms. The number of hydrogen-bond acceptors (Lipinski definition) is 6. The number of esters is 1. The molecule has 2 heterocycles. The fourth-order valence-electron chi connectivity index (χ4n) is 4.41. The maximum Gasteiger partial charge on any atom is 0.355 e. The van der Waals surface area contributed by atoms with Crippen molar-refractivity contribution in [1.29, 1.82) is 0 Å². The van der Waals surface area contributed by atoms with Crippen molar-refractivity contribution in [3.8, 4) is 0 Å². The molecule has 1 atom stereocenters. The number of aryl methyl sites for hydroxylation is 2. The van der Waals surface area contributed by atoms with Gasteiger partial charge in [-0.2, -0.15) is 0 Å². The third-order valence-electron chi connectivity index (χ3n) is 6.09. The van der Waals surface area contributed by atoms with Crippen LogP contribution in [0.3, 0.4) is 0 Å². The number of carbonyl (C=O) groups is 3.